The highest BCUT2D eigenvalue weighted by Gasteiger charge is 2.14. The van der Waals surface area contributed by atoms with E-state index in [4.69, 9.17) is 0 Å². The predicted molar refractivity (Wildman–Crippen MR) is 86.2 cm³/mol. The Bertz CT molecular complexity index is 701. The first-order valence-electron chi connectivity index (χ1n) is 7.25. The third kappa shape index (κ3) is 4.37. The molecule has 0 fully saturated rings. The van der Waals surface area contributed by atoms with E-state index < -0.39 is 11.0 Å². The highest BCUT2D eigenvalue weighted by molar-refractivity contribution is 5.94. The maximum absolute atomic E-state index is 12.0. The van der Waals surface area contributed by atoms with E-state index in [1.165, 1.54) is 18.2 Å². The number of amides is 1. The van der Waals surface area contributed by atoms with Gasteiger partial charge in [0.15, 0.2) is 0 Å². The van der Waals surface area contributed by atoms with Crippen molar-refractivity contribution >= 4 is 11.6 Å². The van der Waals surface area contributed by atoms with Gasteiger partial charge in [0.1, 0.15) is 0 Å². The van der Waals surface area contributed by atoms with Gasteiger partial charge in [-0.1, -0.05) is 30.3 Å². The number of nitrogens with zero attached hydrogens (tertiary/aromatic N) is 1. The number of nitro benzene ring substituents is 1. The van der Waals surface area contributed by atoms with Gasteiger partial charge in [-0.25, -0.2) is 0 Å². The van der Waals surface area contributed by atoms with Crippen LogP contribution in [0.1, 0.15) is 34.0 Å². The number of aliphatic hydroxyl groups excluding tert-OH is 1. The Labute approximate surface area is 133 Å². The summed E-state index contributed by atoms with van der Waals surface area (Å²) in [5.74, 6) is -0.316. The number of carbonyl (C=O) groups is 1. The summed E-state index contributed by atoms with van der Waals surface area (Å²) in [4.78, 5) is 22.3. The van der Waals surface area contributed by atoms with E-state index in [1.807, 2.05) is 30.3 Å². The van der Waals surface area contributed by atoms with Crippen LogP contribution in [0.2, 0.25) is 0 Å². The quantitative estimate of drug-likeness (QED) is 0.633. The molecular weight excluding hydrogens is 296 g/mol. The summed E-state index contributed by atoms with van der Waals surface area (Å²) < 4.78 is 0. The van der Waals surface area contributed by atoms with Crippen LogP contribution < -0.4 is 5.32 Å². The molecule has 0 heterocycles. The third-order valence-electron chi connectivity index (χ3n) is 3.54. The van der Waals surface area contributed by atoms with Gasteiger partial charge in [-0.15, -0.1) is 0 Å². The smallest absolute Gasteiger partial charge is 0.272 e. The molecule has 0 spiro atoms. The molecule has 120 valence electrons. The predicted octanol–water partition coefficient (Wildman–Crippen LogP) is 2.76. The van der Waals surface area contributed by atoms with Gasteiger partial charge in [0.2, 0.25) is 0 Å². The summed E-state index contributed by atoms with van der Waals surface area (Å²) in [6.07, 6.45) is -0.253. The number of nitro groups is 1. The van der Waals surface area contributed by atoms with E-state index in [2.05, 4.69) is 5.32 Å². The van der Waals surface area contributed by atoms with Crippen LogP contribution in [0.5, 0.6) is 0 Å². The Balaban J connectivity index is 1.90. The van der Waals surface area contributed by atoms with Crippen LogP contribution in [0.25, 0.3) is 0 Å². The number of hydrogen-bond acceptors (Lipinski definition) is 4. The number of nitrogens with one attached hydrogen (secondary N) is 1. The number of hydrogen-bond donors (Lipinski definition) is 2. The second-order valence-corrected chi connectivity index (χ2v) is 5.23. The number of aryl methyl sites for hydroxylation is 1. The molecule has 2 rings (SSSR count). The van der Waals surface area contributed by atoms with E-state index in [1.54, 1.807) is 6.92 Å². The minimum absolute atomic E-state index is 0.0129. The van der Waals surface area contributed by atoms with Crippen molar-refractivity contribution in [1.29, 1.82) is 0 Å². The van der Waals surface area contributed by atoms with Crippen LogP contribution in [0, 0.1) is 17.0 Å². The van der Waals surface area contributed by atoms with E-state index in [-0.39, 0.29) is 11.6 Å². The zero-order valence-electron chi connectivity index (χ0n) is 12.7. The van der Waals surface area contributed by atoms with Crippen molar-refractivity contribution in [3.8, 4) is 0 Å². The fourth-order valence-electron chi connectivity index (χ4n) is 2.27. The zero-order chi connectivity index (χ0) is 16.8. The summed E-state index contributed by atoms with van der Waals surface area (Å²) in [5, 5.41) is 23.5. The van der Waals surface area contributed by atoms with Crippen molar-refractivity contribution in [2.75, 3.05) is 6.54 Å². The molecule has 0 aliphatic heterocycles. The molecule has 1 amide bonds. The lowest BCUT2D eigenvalue weighted by Gasteiger charge is -2.11. The Morgan fingerprint density at radius 2 is 1.96 bits per heavy atom. The molecule has 2 N–H and O–H groups in total. The first-order valence-corrected chi connectivity index (χ1v) is 7.25. The average Bonchev–Trinajstić information content (AvgIpc) is 2.55. The van der Waals surface area contributed by atoms with Crippen molar-refractivity contribution in [1.82, 2.24) is 5.32 Å². The minimum atomic E-state index is -0.643. The SMILES string of the molecule is Cc1cc(C(=O)NCCC(O)c2ccccc2)ccc1[N+](=O)[O-]. The minimum Gasteiger partial charge on any atom is -0.388 e. The summed E-state index contributed by atoms with van der Waals surface area (Å²) in [5.41, 5.74) is 1.59. The maximum atomic E-state index is 12.0. The first kappa shape index (κ1) is 16.6. The standard InChI is InChI=1S/C17H18N2O4/c1-12-11-14(7-8-15(12)19(22)23)17(21)18-10-9-16(20)13-5-3-2-4-6-13/h2-8,11,16,20H,9-10H2,1H3,(H,18,21). The number of aliphatic hydroxyl groups is 1. The Morgan fingerprint density at radius 3 is 2.57 bits per heavy atom. The fraction of sp³-hybridized carbons (Fsp3) is 0.235. The largest absolute Gasteiger partial charge is 0.388 e. The lowest BCUT2D eigenvalue weighted by atomic mass is 10.1. The lowest BCUT2D eigenvalue weighted by Crippen LogP contribution is -2.25. The highest BCUT2D eigenvalue weighted by Crippen LogP contribution is 2.19. The van der Waals surface area contributed by atoms with Crippen LogP contribution in [0.15, 0.2) is 48.5 Å². The normalized spacial score (nSPS) is 11.7. The summed E-state index contributed by atoms with van der Waals surface area (Å²) in [7, 11) is 0. The van der Waals surface area contributed by atoms with Crippen LogP contribution in [-0.4, -0.2) is 22.5 Å². The van der Waals surface area contributed by atoms with Gasteiger partial charge in [-0.05, 0) is 31.0 Å². The van der Waals surface area contributed by atoms with E-state index in [0.29, 0.717) is 24.1 Å². The molecule has 0 bridgehead atoms. The van der Waals surface area contributed by atoms with E-state index >= 15 is 0 Å². The molecule has 0 radical (unpaired) electrons. The van der Waals surface area contributed by atoms with Crippen LogP contribution in [-0.2, 0) is 0 Å². The highest BCUT2D eigenvalue weighted by atomic mass is 16.6. The van der Waals surface area contributed by atoms with E-state index in [9.17, 15) is 20.0 Å². The monoisotopic (exact) mass is 314 g/mol. The average molecular weight is 314 g/mol. The number of rotatable bonds is 6. The second-order valence-electron chi connectivity index (χ2n) is 5.23. The van der Waals surface area contributed by atoms with Crippen molar-refractivity contribution in [3.05, 3.63) is 75.3 Å². The molecule has 1 atom stereocenters. The molecular formula is C17H18N2O4. The Hall–Kier alpha value is -2.73. The molecule has 6 nitrogen and oxygen atoms in total. The van der Waals surface area contributed by atoms with Crippen molar-refractivity contribution < 1.29 is 14.8 Å². The molecule has 1 unspecified atom stereocenters. The summed E-state index contributed by atoms with van der Waals surface area (Å²) >= 11 is 0. The molecule has 0 saturated heterocycles. The van der Waals surface area contributed by atoms with Gasteiger partial charge in [-0.3, -0.25) is 14.9 Å². The topological polar surface area (TPSA) is 92.5 Å². The Morgan fingerprint density at radius 1 is 1.26 bits per heavy atom. The zero-order valence-corrected chi connectivity index (χ0v) is 12.7. The van der Waals surface area contributed by atoms with Crippen LogP contribution >= 0.6 is 0 Å². The molecule has 0 saturated carbocycles. The Kier molecular flexibility index (Phi) is 5.43. The molecule has 0 aromatic heterocycles. The molecule has 0 aliphatic rings. The fourth-order valence-corrected chi connectivity index (χ4v) is 2.27. The van der Waals surface area contributed by atoms with Gasteiger partial charge in [0.25, 0.3) is 11.6 Å². The van der Waals surface area contributed by atoms with Gasteiger partial charge in [-0.2, -0.15) is 0 Å². The number of carbonyl (C=O) groups excluding carboxylic acids is 1. The molecule has 2 aromatic rings. The maximum Gasteiger partial charge on any atom is 0.272 e. The number of benzene rings is 2. The first-order chi connectivity index (χ1) is 11.0. The van der Waals surface area contributed by atoms with Gasteiger partial charge in [0, 0.05) is 23.7 Å². The lowest BCUT2D eigenvalue weighted by molar-refractivity contribution is -0.385. The van der Waals surface area contributed by atoms with Crippen molar-refractivity contribution in [2.24, 2.45) is 0 Å². The van der Waals surface area contributed by atoms with Crippen molar-refractivity contribution in [2.45, 2.75) is 19.4 Å². The summed E-state index contributed by atoms with van der Waals surface area (Å²) in [6, 6.07) is 13.4. The molecule has 6 heteroatoms. The van der Waals surface area contributed by atoms with E-state index in [0.717, 1.165) is 5.56 Å². The second kappa shape index (κ2) is 7.51. The molecule has 2 aromatic carbocycles. The van der Waals surface area contributed by atoms with Gasteiger partial charge in [0.05, 0.1) is 11.0 Å². The van der Waals surface area contributed by atoms with Crippen molar-refractivity contribution in [3.63, 3.8) is 0 Å². The molecule has 23 heavy (non-hydrogen) atoms. The van der Waals surface area contributed by atoms with Crippen LogP contribution in [0.4, 0.5) is 5.69 Å². The third-order valence-corrected chi connectivity index (χ3v) is 3.54. The van der Waals surface area contributed by atoms with Crippen LogP contribution in [0.3, 0.4) is 0 Å². The summed E-state index contributed by atoms with van der Waals surface area (Å²) in [6.45, 7) is 1.90. The van der Waals surface area contributed by atoms with Gasteiger partial charge >= 0.3 is 0 Å². The van der Waals surface area contributed by atoms with Gasteiger partial charge < -0.3 is 10.4 Å². The molecule has 0 aliphatic carbocycles.